The first-order valence-corrected chi connectivity index (χ1v) is 4.35. The van der Waals surface area contributed by atoms with Crippen molar-refractivity contribution in [2.75, 3.05) is 0 Å². The highest BCUT2D eigenvalue weighted by Gasteiger charge is 2.09. The van der Waals surface area contributed by atoms with Gasteiger partial charge in [0.05, 0.1) is 17.7 Å². The topological polar surface area (TPSA) is 61.1 Å². The Morgan fingerprint density at radius 3 is 2.93 bits per heavy atom. The van der Waals surface area contributed by atoms with Crippen molar-refractivity contribution in [1.82, 2.24) is 0 Å². The zero-order valence-corrected chi connectivity index (χ0v) is 7.90. The smallest absolute Gasteiger partial charge is 0.165 e. The predicted octanol–water partition coefficient (Wildman–Crippen LogP) is 1.51. The van der Waals surface area contributed by atoms with Gasteiger partial charge < -0.3 is 5.11 Å². The van der Waals surface area contributed by atoms with Gasteiger partial charge in [-0.2, -0.15) is 5.26 Å². The average molecular weight is 189 g/mol. The van der Waals surface area contributed by atoms with Crippen LogP contribution in [0.4, 0.5) is 0 Å². The molecule has 1 rings (SSSR count). The standard InChI is InChI=1S/C11H11NO2/c1-8(13)5-11(14)10-4-2-3-9(6-10)7-12/h2-4,6,8,13H,5H2,1H3. The summed E-state index contributed by atoms with van der Waals surface area (Å²) >= 11 is 0. The molecule has 0 aliphatic rings. The average Bonchev–Trinajstić information content (AvgIpc) is 2.17. The van der Waals surface area contributed by atoms with Gasteiger partial charge in [-0.25, -0.2) is 0 Å². The van der Waals surface area contributed by atoms with E-state index in [1.807, 2.05) is 6.07 Å². The monoisotopic (exact) mass is 189 g/mol. The molecule has 0 aliphatic carbocycles. The minimum atomic E-state index is -0.645. The van der Waals surface area contributed by atoms with Crippen LogP contribution in [0.15, 0.2) is 24.3 Å². The number of ketones is 1. The van der Waals surface area contributed by atoms with Crippen molar-refractivity contribution in [3.05, 3.63) is 35.4 Å². The molecule has 1 aromatic rings. The lowest BCUT2D eigenvalue weighted by Gasteiger charge is -2.03. The summed E-state index contributed by atoms with van der Waals surface area (Å²) in [5.41, 5.74) is 0.936. The normalized spacial score (nSPS) is 11.8. The minimum Gasteiger partial charge on any atom is -0.393 e. The molecule has 1 aromatic carbocycles. The molecule has 0 saturated carbocycles. The highest BCUT2D eigenvalue weighted by atomic mass is 16.3. The molecule has 0 bridgehead atoms. The van der Waals surface area contributed by atoms with Crippen LogP contribution in [0.1, 0.15) is 29.3 Å². The van der Waals surface area contributed by atoms with Crippen LogP contribution in [0.2, 0.25) is 0 Å². The third kappa shape index (κ3) is 2.68. The summed E-state index contributed by atoms with van der Waals surface area (Å²) in [6.07, 6.45) is -0.553. The Bertz CT molecular complexity index is 377. The predicted molar refractivity (Wildman–Crippen MR) is 51.8 cm³/mol. The van der Waals surface area contributed by atoms with Gasteiger partial charge in [-0.05, 0) is 19.1 Å². The molecule has 0 aromatic heterocycles. The lowest BCUT2D eigenvalue weighted by molar-refractivity contribution is 0.0901. The number of carbonyl (C=O) groups is 1. The van der Waals surface area contributed by atoms with E-state index in [4.69, 9.17) is 10.4 Å². The highest BCUT2D eigenvalue weighted by molar-refractivity contribution is 5.96. The van der Waals surface area contributed by atoms with E-state index < -0.39 is 6.10 Å². The van der Waals surface area contributed by atoms with E-state index >= 15 is 0 Å². The van der Waals surface area contributed by atoms with E-state index in [9.17, 15) is 4.79 Å². The van der Waals surface area contributed by atoms with Crippen molar-refractivity contribution in [1.29, 1.82) is 5.26 Å². The van der Waals surface area contributed by atoms with Gasteiger partial charge in [-0.15, -0.1) is 0 Å². The second-order valence-corrected chi connectivity index (χ2v) is 3.17. The lowest BCUT2D eigenvalue weighted by Crippen LogP contribution is -2.09. The van der Waals surface area contributed by atoms with E-state index in [2.05, 4.69) is 0 Å². The number of aliphatic hydroxyl groups excluding tert-OH is 1. The molecule has 3 heteroatoms. The number of aliphatic hydroxyl groups is 1. The zero-order valence-electron chi connectivity index (χ0n) is 7.90. The van der Waals surface area contributed by atoms with E-state index in [0.29, 0.717) is 11.1 Å². The van der Waals surface area contributed by atoms with Crippen LogP contribution < -0.4 is 0 Å². The van der Waals surface area contributed by atoms with Crippen LogP contribution in [0.3, 0.4) is 0 Å². The summed E-state index contributed by atoms with van der Waals surface area (Å²) in [4.78, 5) is 11.5. The van der Waals surface area contributed by atoms with Crippen molar-refractivity contribution in [3.63, 3.8) is 0 Å². The molecule has 0 radical (unpaired) electrons. The lowest BCUT2D eigenvalue weighted by atomic mass is 10.0. The van der Waals surface area contributed by atoms with Crippen LogP contribution in [-0.2, 0) is 0 Å². The fraction of sp³-hybridized carbons (Fsp3) is 0.273. The molecule has 1 N–H and O–H groups in total. The summed E-state index contributed by atoms with van der Waals surface area (Å²) in [5, 5.41) is 17.6. The highest BCUT2D eigenvalue weighted by Crippen LogP contribution is 2.08. The Labute approximate surface area is 82.6 Å². The molecular formula is C11H11NO2. The molecular weight excluding hydrogens is 178 g/mol. The van der Waals surface area contributed by atoms with Crippen molar-refractivity contribution < 1.29 is 9.90 Å². The number of hydrogen-bond donors (Lipinski definition) is 1. The molecule has 14 heavy (non-hydrogen) atoms. The fourth-order valence-electron chi connectivity index (χ4n) is 1.15. The zero-order chi connectivity index (χ0) is 10.6. The summed E-state index contributed by atoms with van der Waals surface area (Å²) in [5.74, 6) is -0.142. The van der Waals surface area contributed by atoms with Gasteiger partial charge in [0, 0.05) is 12.0 Å². The maximum atomic E-state index is 11.5. The molecule has 0 aliphatic heterocycles. The number of nitriles is 1. The molecule has 0 amide bonds. The van der Waals surface area contributed by atoms with Gasteiger partial charge >= 0.3 is 0 Å². The third-order valence-corrected chi connectivity index (χ3v) is 1.79. The van der Waals surface area contributed by atoms with Gasteiger partial charge in [0.15, 0.2) is 5.78 Å². The Balaban J connectivity index is 2.86. The van der Waals surface area contributed by atoms with Gasteiger partial charge in [0.1, 0.15) is 0 Å². The fourth-order valence-corrected chi connectivity index (χ4v) is 1.15. The van der Waals surface area contributed by atoms with Crippen LogP contribution >= 0.6 is 0 Å². The summed E-state index contributed by atoms with van der Waals surface area (Å²) < 4.78 is 0. The Morgan fingerprint density at radius 1 is 1.64 bits per heavy atom. The second kappa shape index (κ2) is 4.54. The van der Waals surface area contributed by atoms with Crippen LogP contribution in [-0.4, -0.2) is 17.0 Å². The molecule has 3 nitrogen and oxygen atoms in total. The number of hydrogen-bond acceptors (Lipinski definition) is 3. The number of nitrogens with zero attached hydrogens (tertiary/aromatic N) is 1. The molecule has 1 atom stereocenters. The Hall–Kier alpha value is -1.66. The van der Waals surface area contributed by atoms with Crippen LogP contribution in [0.25, 0.3) is 0 Å². The quantitative estimate of drug-likeness (QED) is 0.733. The van der Waals surface area contributed by atoms with Gasteiger partial charge in [-0.3, -0.25) is 4.79 Å². The van der Waals surface area contributed by atoms with Gasteiger partial charge in [-0.1, -0.05) is 12.1 Å². The molecule has 0 saturated heterocycles. The Kier molecular flexibility index (Phi) is 3.38. The SMILES string of the molecule is CC(O)CC(=O)c1cccc(C#N)c1. The first-order valence-electron chi connectivity index (χ1n) is 4.35. The Morgan fingerprint density at radius 2 is 2.36 bits per heavy atom. The van der Waals surface area contributed by atoms with Crippen molar-refractivity contribution in [2.45, 2.75) is 19.4 Å². The molecule has 0 fully saturated rings. The maximum absolute atomic E-state index is 11.5. The third-order valence-electron chi connectivity index (χ3n) is 1.79. The van der Waals surface area contributed by atoms with Crippen LogP contribution in [0, 0.1) is 11.3 Å². The first-order chi connectivity index (χ1) is 6.63. The maximum Gasteiger partial charge on any atom is 0.165 e. The number of carbonyl (C=O) groups excluding carboxylic acids is 1. The second-order valence-electron chi connectivity index (χ2n) is 3.17. The summed E-state index contributed by atoms with van der Waals surface area (Å²) in [6, 6.07) is 8.44. The number of rotatable bonds is 3. The number of benzene rings is 1. The van der Waals surface area contributed by atoms with Gasteiger partial charge in [0.25, 0.3) is 0 Å². The van der Waals surface area contributed by atoms with E-state index in [1.165, 1.54) is 6.07 Å². The van der Waals surface area contributed by atoms with Crippen molar-refractivity contribution in [3.8, 4) is 6.07 Å². The minimum absolute atomic E-state index is 0.0921. The summed E-state index contributed by atoms with van der Waals surface area (Å²) in [7, 11) is 0. The molecule has 72 valence electrons. The van der Waals surface area contributed by atoms with Crippen LogP contribution in [0.5, 0.6) is 0 Å². The van der Waals surface area contributed by atoms with Crippen molar-refractivity contribution >= 4 is 5.78 Å². The van der Waals surface area contributed by atoms with Crippen molar-refractivity contribution in [2.24, 2.45) is 0 Å². The van der Waals surface area contributed by atoms with E-state index in [-0.39, 0.29) is 12.2 Å². The molecule has 0 spiro atoms. The van der Waals surface area contributed by atoms with Gasteiger partial charge in [0.2, 0.25) is 0 Å². The largest absolute Gasteiger partial charge is 0.393 e. The van der Waals surface area contributed by atoms with E-state index in [0.717, 1.165) is 0 Å². The first kappa shape index (κ1) is 10.4. The number of Topliss-reactive ketones (excluding diaryl/α,β-unsaturated/α-hetero) is 1. The summed E-state index contributed by atoms with van der Waals surface area (Å²) in [6.45, 7) is 1.56. The molecule has 1 unspecified atom stereocenters. The van der Waals surface area contributed by atoms with E-state index in [1.54, 1.807) is 25.1 Å². The molecule has 0 heterocycles.